The molecular formula is C27H40O4. The third-order valence-electron chi connectivity index (χ3n) is 6.80. The molecular weight excluding hydrogens is 388 g/mol. The molecule has 0 saturated heterocycles. The number of hydrogen-bond donors (Lipinski definition) is 0. The van der Waals surface area contributed by atoms with Crippen LogP contribution in [-0.2, 0) is 19.1 Å². The van der Waals surface area contributed by atoms with E-state index in [4.69, 9.17) is 9.47 Å². The molecule has 0 aromatic rings. The number of carbonyl (C=O) groups is 2. The average Bonchev–Trinajstić information content (AvgIpc) is 2.93. The molecule has 1 fully saturated rings. The quantitative estimate of drug-likeness (QED) is 0.392. The maximum absolute atomic E-state index is 12.2. The number of allylic oxidation sites excluding steroid dienone is 5. The summed E-state index contributed by atoms with van der Waals surface area (Å²) >= 11 is 0. The highest BCUT2D eigenvalue weighted by Crippen LogP contribution is 2.54. The van der Waals surface area contributed by atoms with Crippen LogP contribution in [-0.4, -0.2) is 29.1 Å². The SMILES string of the molecule is CC(C)(C)OC(=O)/C=C/C1=C(C2=C[C@H]3CC[C@H](OC(C)(C)C)[C@@]3(C)CC2)CCC(=O)C1. The van der Waals surface area contributed by atoms with Gasteiger partial charge < -0.3 is 9.47 Å². The van der Waals surface area contributed by atoms with Crippen molar-refractivity contribution >= 4 is 11.8 Å². The Morgan fingerprint density at radius 3 is 2.42 bits per heavy atom. The van der Waals surface area contributed by atoms with Crippen molar-refractivity contribution in [3.8, 4) is 0 Å². The van der Waals surface area contributed by atoms with Gasteiger partial charge in [0.2, 0.25) is 0 Å². The molecule has 0 radical (unpaired) electrons. The van der Waals surface area contributed by atoms with Gasteiger partial charge in [-0.15, -0.1) is 0 Å². The largest absolute Gasteiger partial charge is 0.457 e. The number of Topliss-reactive ketones (excluding diaryl/α,β-unsaturated/α-hetero) is 1. The molecule has 3 rings (SSSR count). The highest BCUT2D eigenvalue weighted by Gasteiger charge is 2.49. The second-order valence-electron chi connectivity index (χ2n) is 11.7. The van der Waals surface area contributed by atoms with E-state index in [-0.39, 0.29) is 22.8 Å². The lowest BCUT2D eigenvalue weighted by atomic mass is 9.67. The maximum Gasteiger partial charge on any atom is 0.331 e. The van der Waals surface area contributed by atoms with Crippen molar-refractivity contribution in [1.82, 2.24) is 0 Å². The van der Waals surface area contributed by atoms with Crippen LogP contribution in [0.25, 0.3) is 0 Å². The fourth-order valence-corrected chi connectivity index (χ4v) is 5.31. The zero-order valence-electron chi connectivity index (χ0n) is 20.5. The van der Waals surface area contributed by atoms with Crippen LogP contribution < -0.4 is 0 Å². The molecule has 1 saturated carbocycles. The van der Waals surface area contributed by atoms with Crippen molar-refractivity contribution in [2.45, 2.75) is 111 Å². The molecule has 0 aromatic carbocycles. The number of carbonyl (C=O) groups excluding carboxylic acids is 2. The van der Waals surface area contributed by atoms with Gasteiger partial charge in [-0.2, -0.15) is 0 Å². The summed E-state index contributed by atoms with van der Waals surface area (Å²) in [7, 11) is 0. The van der Waals surface area contributed by atoms with E-state index in [1.54, 1.807) is 0 Å². The van der Waals surface area contributed by atoms with Crippen LogP contribution in [0, 0.1) is 11.3 Å². The number of esters is 1. The first kappa shape index (κ1) is 24.0. The van der Waals surface area contributed by atoms with E-state index in [1.165, 1.54) is 17.2 Å². The Balaban J connectivity index is 1.83. The van der Waals surface area contributed by atoms with Crippen molar-refractivity contribution in [2.24, 2.45) is 11.3 Å². The molecule has 0 spiro atoms. The van der Waals surface area contributed by atoms with E-state index in [2.05, 4.69) is 33.8 Å². The van der Waals surface area contributed by atoms with Gasteiger partial charge in [0.1, 0.15) is 11.4 Å². The Hall–Kier alpha value is -1.68. The van der Waals surface area contributed by atoms with E-state index >= 15 is 0 Å². The van der Waals surface area contributed by atoms with E-state index in [9.17, 15) is 9.59 Å². The lowest BCUT2D eigenvalue weighted by Gasteiger charge is -2.42. The van der Waals surface area contributed by atoms with Gasteiger partial charge in [0, 0.05) is 24.3 Å². The highest BCUT2D eigenvalue weighted by molar-refractivity contribution is 5.86. The number of rotatable bonds is 4. The highest BCUT2D eigenvalue weighted by atomic mass is 16.6. The molecule has 4 heteroatoms. The molecule has 4 nitrogen and oxygen atoms in total. The second kappa shape index (κ2) is 8.69. The zero-order valence-corrected chi connectivity index (χ0v) is 20.5. The minimum atomic E-state index is -0.522. The van der Waals surface area contributed by atoms with E-state index in [1.807, 2.05) is 26.8 Å². The fourth-order valence-electron chi connectivity index (χ4n) is 5.31. The Kier molecular flexibility index (Phi) is 6.72. The first-order valence-corrected chi connectivity index (χ1v) is 11.8. The number of ether oxygens (including phenoxy) is 2. The van der Waals surface area contributed by atoms with Gasteiger partial charge in [-0.05, 0) is 96.3 Å². The summed E-state index contributed by atoms with van der Waals surface area (Å²) in [5.41, 5.74) is 3.15. The predicted octanol–water partition coefficient (Wildman–Crippen LogP) is 6.25. The molecule has 31 heavy (non-hydrogen) atoms. The Labute approximate surface area is 188 Å². The van der Waals surface area contributed by atoms with Gasteiger partial charge in [0.05, 0.1) is 11.7 Å². The first-order valence-electron chi connectivity index (χ1n) is 11.8. The van der Waals surface area contributed by atoms with Crippen LogP contribution in [0.3, 0.4) is 0 Å². The van der Waals surface area contributed by atoms with Gasteiger partial charge in [0.25, 0.3) is 0 Å². The standard InChI is InChI=1S/C27H40O4/c1-25(2,3)30-23-12-9-20-16-19(14-15-27(20,23)7)22-11-10-21(28)17-18(22)8-13-24(29)31-26(4,5)6/h8,13,16,20,23H,9-12,14-15,17H2,1-7H3/b13-8+/t20-,23+,27+/m1/s1. The van der Waals surface area contributed by atoms with E-state index in [0.29, 0.717) is 24.9 Å². The topological polar surface area (TPSA) is 52.6 Å². The van der Waals surface area contributed by atoms with Crippen LogP contribution >= 0.6 is 0 Å². The van der Waals surface area contributed by atoms with Gasteiger partial charge in [0.15, 0.2) is 0 Å². The minimum absolute atomic E-state index is 0.127. The van der Waals surface area contributed by atoms with Crippen LogP contribution in [0.2, 0.25) is 0 Å². The van der Waals surface area contributed by atoms with Crippen molar-refractivity contribution < 1.29 is 19.1 Å². The zero-order chi connectivity index (χ0) is 23.0. The summed E-state index contributed by atoms with van der Waals surface area (Å²) in [4.78, 5) is 24.3. The lowest BCUT2D eigenvalue weighted by Crippen LogP contribution is -2.40. The smallest absolute Gasteiger partial charge is 0.331 e. The minimum Gasteiger partial charge on any atom is -0.457 e. The van der Waals surface area contributed by atoms with Crippen LogP contribution in [0.5, 0.6) is 0 Å². The molecule has 0 heterocycles. The first-order chi connectivity index (χ1) is 14.3. The third-order valence-corrected chi connectivity index (χ3v) is 6.80. The van der Waals surface area contributed by atoms with E-state index in [0.717, 1.165) is 37.7 Å². The number of fused-ring (bicyclic) bond motifs is 1. The molecule has 3 aliphatic rings. The number of hydrogen-bond acceptors (Lipinski definition) is 4. The lowest BCUT2D eigenvalue weighted by molar-refractivity contribution is -0.148. The third kappa shape index (κ3) is 5.97. The average molecular weight is 429 g/mol. The maximum atomic E-state index is 12.2. The summed E-state index contributed by atoms with van der Waals surface area (Å²) in [6.45, 7) is 14.4. The Morgan fingerprint density at radius 2 is 1.77 bits per heavy atom. The molecule has 0 bridgehead atoms. The normalized spacial score (nSPS) is 29.9. The molecule has 3 aliphatic carbocycles. The van der Waals surface area contributed by atoms with Gasteiger partial charge in [-0.25, -0.2) is 4.79 Å². The molecule has 3 atom stereocenters. The van der Waals surface area contributed by atoms with Crippen LogP contribution in [0.1, 0.15) is 93.4 Å². The monoisotopic (exact) mass is 428 g/mol. The summed E-state index contributed by atoms with van der Waals surface area (Å²) in [5.74, 6) is 0.388. The summed E-state index contributed by atoms with van der Waals surface area (Å²) in [6.07, 6.45) is 12.2. The Bertz CT molecular complexity index is 815. The molecule has 0 N–H and O–H groups in total. The molecule has 0 unspecified atom stereocenters. The van der Waals surface area contributed by atoms with Gasteiger partial charge in [-0.3, -0.25) is 4.79 Å². The van der Waals surface area contributed by atoms with Crippen molar-refractivity contribution in [3.63, 3.8) is 0 Å². The van der Waals surface area contributed by atoms with Crippen molar-refractivity contribution in [2.75, 3.05) is 0 Å². The van der Waals surface area contributed by atoms with Crippen molar-refractivity contribution in [1.29, 1.82) is 0 Å². The van der Waals surface area contributed by atoms with Crippen molar-refractivity contribution in [3.05, 3.63) is 34.9 Å². The van der Waals surface area contributed by atoms with E-state index < -0.39 is 5.60 Å². The predicted molar refractivity (Wildman–Crippen MR) is 124 cm³/mol. The summed E-state index contributed by atoms with van der Waals surface area (Å²) < 4.78 is 11.8. The summed E-state index contributed by atoms with van der Waals surface area (Å²) in [6, 6.07) is 0. The van der Waals surface area contributed by atoms with Gasteiger partial charge >= 0.3 is 5.97 Å². The van der Waals surface area contributed by atoms with Gasteiger partial charge in [-0.1, -0.05) is 19.1 Å². The van der Waals surface area contributed by atoms with Crippen LogP contribution in [0.15, 0.2) is 34.9 Å². The summed E-state index contributed by atoms with van der Waals surface area (Å²) in [5, 5.41) is 0. The van der Waals surface area contributed by atoms with Crippen LogP contribution in [0.4, 0.5) is 0 Å². The molecule has 172 valence electrons. The second-order valence-corrected chi connectivity index (χ2v) is 11.7. The Morgan fingerprint density at radius 1 is 1.06 bits per heavy atom. The molecule has 0 amide bonds. The molecule has 0 aromatic heterocycles. The number of ketones is 1. The fraction of sp³-hybridized carbons (Fsp3) is 0.704. The molecule has 0 aliphatic heterocycles.